The summed E-state index contributed by atoms with van der Waals surface area (Å²) in [6, 6.07) is 132. The summed E-state index contributed by atoms with van der Waals surface area (Å²) in [5, 5.41) is 15.3. The standard InChI is InChI=1S/C52H34N2.C40H26N2/c1-2-11-35(12-3-1)37-25-29-41(30-26-37)53-47-19-8-6-16-45(47)51-49(53)33-34-50-52(51)46-17-7-9-20-48(46)54(50)42-31-27-38(28-32-42)36-21-23-40(24-22-36)44-18-10-14-39-13-4-5-15-43(39)44;1-2-11-27(12-3-1)30-15-10-16-31(25-30)41-35-19-8-6-17-33(35)39-37(41)23-24-38-40(39)34-18-7-9-20-36(34)42(38)32-22-21-28-13-4-5-14-29(28)26-32/h1-34H;1-26H. The van der Waals surface area contributed by atoms with E-state index in [0.717, 1.165) is 11.4 Å². The van der Waals surface area contributed by atoms with Gasteiger partial charge in [0, 0.05) is 65.8 Å². The smallest absolute Gasteiger partial charge is 0.0548 e. The van der Waals surface area contributed by atoms with E-state index in [1.165, 1.54) is 165 Å². The Balaban J connectivity index is 0.000000140. The van der Waals surface area contributed by atoms with Crippen LogP contribution in [0.25, 0.3) is 176 Å². The lowest BCUT2D eigenvalue weighted by Gasteiger charge is -2.11. The van der Waals surface area contributed by atoms with E-state index in [9.17, 15) is 0 Å². The number of rotatable bonds is 8. The lowest BCUT2D eigenvalue weighted by molar-refractivity contribution is 1.17. The van der Waals surface area contributed by atoms with Crippen LogP contribution in [-0.2, 0) is 0 Å². The minimum Gasteiger partial charge on any atom is -0.309 e. The van der Waals surface area contributed by atoms with Crippen LogP contribution in [-0.4, -0.2) is 18.3 Å². The number of benzene rings is 16. The summed E-state index contributed by atoms with van der Waals surface area (Å²) < 4.78 is 9.71. The van der Waals surface area contributed by atoms with Gasteiger partial charge in [-0.15, -0.1) is 0 Å². The van der Waals surface area contributed by atoms with Crippen LogP contribution >= 0.6 is 0 Å². The Kier molecular flexibility index (Phi) is 12.9. The van der Waals surface area contributed by atoms with Gasteiger partial charge in [-0.25, -0.2) is 0 Å². The maximum atomic E-state index is 2.43. The van der Waals surface area contributed by atoms with Gasteiger partial charge in [0.15, 0.2) is 0 Å². The molecule has 0 spiro atoms. The number of nitrogens with zero attached hydrogens (tertiary/aromatic N) is 4. The molecule has 0 fully saturated rings. The van der Waals surface area contributed by atoms with Crippen LogP contribution < -0.4 is 0 Å². The predicted octanol–water partition coefficient (Wildman–Crippen LogP) is 24.7. The van der Waals surface area contributed by atoms with Crippen molar-refractivity contribution in [3.05, 3.63) is 364 Å². The molecular weight excluding hydrogens is 1160 g/mol. The van der Waals surface area contributed by atoms with Gasteiger partial charge in [0.1, 0.15) is 0 Å². The summed E-state index contributed by atoms with van der Waals surface area (Å²) in [7, 11) is 0. The fourth-order valence-electron chi connectivity index (χ4n) is 15.5. The quantitative estimate of drug-likeness (QED) is 0.144. The number of fused-ring (bicyclic) bond motifs is 16. The molecule has 0 unspecified atom stereocenters. The maximum absolute atomic E-state index is 2.43. The van der Waals surface area contributed by atoms with Gasteiger partial charge in [0.25, 0.3) is 0 Å². The Bertz CT molecular complexity index is 6400. The second-order valence-corrected chi connectivity index (χ2v) is 25.1. The molecule has 0 amide bonds. The zero-order valence-corrected chi connectivity index (χ0v) is 52.4. The van der Waals surface area contributed by atoms with E-state index in [4.69, 9.17) is 0 Å². The Hall–Kier alpha value is -12.8. The molecule has 4 aromatic heterocycles. The molecule has 0 atom stereocenters. The minimum atomic E-state index is 1.15. The third-order valence-corrected chi connectivity index (χ3v) is 19.8. The van der Waals surface area contributed by atoms with Crippen LogP contribution in [0, 0.1) is 0 Å². The van der Waals surface area contributed by atoms with Crippen LogP contribution in [0.4, 0.5) is 0 Å². The van der Waals surface area contributed by atoms with Gasteiger partial charge in [-0.2, -0.15) is 0 Å². The van der Waals surface area contributed by atoms with E-state index in [2.05, 4.69) is 382 Å². The highest BCUT2D eigenvalue weighted by atomic mass is 15.0. The molecule has 20 aromatic rings. The minimum absolute atomic E-state index is 1.15. The summed E-state index contributed by atoms with van der Waals surface area (Å²) in [6.07, 6.45) is 0. The van der Waals surface area contributed by atoms with Crippen molar-refractivity contribution in [3.8, 4) is 67.3 Å². The second-order valence-electron chi connectivity index (χ2n) is 25.1. The SMILES string of the molecule is c1ccc(-c2ccc(-n3c4ccccc4c4c5c6ccccc6n(-c6ccc(-c7ccc(-c8cccc9ccccc89)cc7)cc6)c5ccc43)cc2)cc1.c1ccc(-c2cccc(-n3c4ccccc4c4c5c6ccccc6n(-c6ccc7ccccc7c6)c5ccc43)c2)cc1. The van der Waals surface area contributed by atoms with E-state index in [1.807, 2.05) is 0 Å². The van der Waals surface area contributed by atoms with Gasteiger partial charge in [0.2, 0.25) is 0 Å². The molecule has 448 valence electrons. The van der Waals surface area contributed by atoms with Gasteiger partial charge >= 0.3 is 0 Å². The fraction of sp³-hybridized carbons (Fsp3) is 0. The summed E-state index contributed by atoms with van der Waals surface area (Å²) in [5.74, 6) is 0. The third-order valence-electron chi connectivity index (χ3n) is 19.8. The van der Waals surface area contributed by atoms with Gasteiger partial charge in [-0.1, -0.05) is 267 Å². The molecular formula is C92H60N4. The predicted molar refractivity (Wildman–Crippen MR) is 407 cm³/mol. The first-order chi connectivity index (χ1) is 47.6. The van der Waals surface area contributed by atoms with Crippen LogP contribution in [0.5, 0.6) is 0 Å². The molecule has 0 aliphatic rings. The molecule has 0 saturated heterocycles. The van der Waals surface area contributed by atoms with E-state index < -0.39 is 0 Å². The summed E-state index contributed by atoms with van der Waals surface area (Å²) in [4.78, 5) is 0. The van der Waals surface area contributed by atoms with Crippen molar-refractivity contribution in [2.75, 3.05) is 0 Å². The highest BCUT2D eigenvalue weighted by molar-refractivity contribution is 6.30. The highest BCUT2D eigenvalue weighted by Crippen LogP contribution is 2.45. The number of hydrogen-bond acceptors (Lipinski definition) is 0. The van der Waals surface area contributed by atoms with Crippen molar-refractivity contribution in [2.45, 2.75) is 0 Å². The van der Waals surface area contributed by atoms with Crippen molar-refractivity contribution in [2.24, 2.45) is 0 Å². The normalized spacial score (nSPS) is 11.8. The number of hydrogen-bond donors (Lipinski definition) is 0. The van der Waals surface area contributed by atoms with Crippen LogP contribution in [0.15, 0.2) is 364 Å². The van der Waals surface area contributed by atoms with Crippen molar-refractivity contribution in [3.63, 3.8) is 0 Å². The Morgan fingerprint density at radius 1 is 0.146 bits per heavy atom. The lowest BCUT2D eigenvalue weighted by Crippen LogP contribution is -1.95. The number of para-hydroxylation sites is 4. The van der Waals surface area contributed by atoms with Crippen LogP contribution in [0.3, 0.4) is 0 Å². The Morgan fingerprint density at radius 3 is 0.938 bits per heavy atom. The van der Waals surface area contributed by atoms with Crippen molar-refractivity contribution in [1.82, 2.24) is 18.3 Å². The summed E-state index contributed by atoms with van der Waals surface area (Å²) in [5.41, 5.74) is 24.1. The Morgan fingerprint density at radius 2 is 0.458 bits per heavy atom. The molecule has 0 N–H and O–H groups in total. The van der Waals surface area contributed by atoms with Gasteiger partial charge in [-0.05, 0) is 163 Å². The zero-order valence-electron chi connectivity index (χ0n) is 52.4. The fourth-order valence-corrected chi connectivity index (χ4v) is 15.5. The van der Waals surface area contributed by atoms with Gasteiger partial charge in [0.05, 0.1) is 44.1 Å². The van der Waals surface area contributed by atoms with E-state index >= 15 is 0 Å². The van der Waals surface area contributed by atoms with Crippen molar-refractivity contribution in [1.29, 1.82) is 0 Å². The average molecular weight is 1220 g/mol. The first-order valence-electron chi connectivity index (χ1n) is 33.1. The molecule has 0 radical (unpaired) electrons. The second kappa shape index (κ2) is 22.5. The summed E-state index contributed by atoms with van der Waals surface area (Å²) >= 11 is 0. The molecule has 4 heterocycles. The van der Waals surface area contributed by atoms with Crippen molar-refractivity contribution >= 4 is 109 Å². The summed E-state index contributed by atoms with van der Waals surface area (Å²) in [6.45, 7) is 0. The molecule has 4 nitrogen and oxygen atoms in total. The maximum Gasteiger partial charge on any atom is 0.0548 e. The van der Waals surface area contributed by atoms with E-state index in [0.29, 0.717) is 0 Å². The molecule has 0 bridgehead atoms. The molecule has 20 rings (SSSR count). The zero-order chi connectivity index (χ0) is 63.2. The monoisotopic (exact) mass is 1220 g/mol. The molecule has 96 heavy (non-hydrogen) atoms. The number of aromatic nitrogens is 4. The van der Waals surface area contributed by atoms with Crippen molar-refractivity contribution < 1.29 is 0 Å². The van der Waals surface area contributed by atoms with E-state index in [-0.39, 0.29) is 0 Å². The highest BCUT2D eigenvalue weighted by Gasteiger charge is 2.23. The first-order valence-corrected chi connectivity index (χ1v) is 33.1. The third kappa shape index (κ3) is 8.91. The lowest BCUT2D eigenvalue weighted by atomic mass is 9.96. The van der Waals surface area contributed by atoms with E-state index in [1.54, 1.807) is 0 Å². The molecule has 4 heteroatoms. The molecule has 16 aromatic carbocycles. The topological polar surface area (TPSA) is 19.7 Å². The molecule has 0 aliphatic carbocycles. The first kappa shape index (κ1) is 54.9. The molecule has 0 saturated carbocycles. The Labute approximate surface area is 554 Å². The van der Waals surface area contributed by atoms with Crippen LogP contribution in [0.2, 0.25) is 0 Å². The van der Waals surface area contributed by atoms with Crippen LogP contribution in [0.1, 0.15) is 0 Å². The van der Waals surface area contributed by atoms with Gasteiger partial charge in [-0.3, -0.25) is 0 Å². The molecule has 0 aliphatic heterocycles. The average Bonchev–Trinajstić information content (AvgIpc) is 1.55. The van der Waals surface area contributed by atoms with Gasteiger partial charge < -0.3 is 18.3 Å². The largest absolute Gasteiger partial charge is 0.309 e.